The molecule has 2 aromatic heterocycles. The molecule has 2 aromatic carbocycles. The highest BCUT2D eigenvalue weighted by Gasteiger charge is 2.47. The van der Waals surface area contributed by atoms with Gasteiger partial charge in [0, 0.05) is 21.9 Å². The number of carbonyl (C=O) groups is 1. The van der Waals surface area contributed by atoms with Crippen molar-refractivity contribution >= 4 is 38.4 Å². The molecule has 0 atom stereocenters. The second-order valence-corrected chi connectivity index (χ2v) is 15.3. The largest absolute Gasteiger partial charge is 0.369 e. The molecule has 2 bridgehead atoms. The molecule has 4 aromatic rings. The summed E-state index contributed by atoms with van der Waals surface area (Å²) in [6, 6.07) is 2.16. The summed E-state index contributed by atoms with van der Waals surface area (Å²) in [6.07, 6.45) is 0.119. The van der Waals surface area contributed by atoms with Crippen LogP contribution in [0.1, 0.15) is 107 Å². The number of sulfone groups is 1. The van der Waals surface area contributed by atoms with E-state index in [9.17, 15) is 13.2 Å². The van der Waals surface area contributed by atoms with E-state index in [0.29, 0.717) is 15.5 Å². The van der Waals surface area contributed by atoms with Gasteiger partial charge in [-0.25, -0.2) is 18.4 Å². The number of primary amides is 1. The third kappa shape index (κ3) is 4.66. The molecule has 4 heterocycles. The Morgan fingerprint density at radius 3 is 1.68 bits per heavy atom. The van der Waals surface area contributed by atoms with Gasteiger partial charge in [-0.2, -0.15) is 0 Å². The van der Waals surface area contributed by atoms with E-state index in [1.54, 1.807) is 5.51 Å². The Morgan fingerprint density at radius 2 is 1.27 bits per heavy atom. The number of thiazole rings is 2. The van der Waals surface area contributed by atoms with Gasteiger partial charge in [-0.3, -0.25) is 4.79 Å². The van der Waals surface area contributed by atoms with E-state index in [4.69, 9.17) is 10.7 Å². The van der Waals surface area contributed by atoms with Crippen molar-refractivity contribution in [2.24, 2.45) is 5.73 Å². The minimum Gasteiger partial charge on any atom is -0.369 e. The lowest BCUT2D eigenvalue weighted by molar-refractivity contribution is -0.117. The van der Waals surface area contributed by atoms with Crippen LogP contribution in [-0.4, -0.2) is 24.3 Å². The molecule has 6 nitrogen and oxygen atoms in total. The maximum absolute atomic E-state index is 14.0. The number of hydrogen-bond donors (Lipinski definition) is 1. The van der Waals surface area contributed by atoms with Gasteiger partial charge in [0.2, 0.25) is 15.7 Å². The van der Waals surface area contributed by atoms with Crippen LogP contribution in [0.2, 0.25) is 0 Å². The van der Waals surface area contributed by atoms with Crippen LogP contribution in [0.25, 0.3) is 33.6 Å². The highest BCUT2D eigenvalue weighted by atomic mass is 32.2. The number of benzene rings is 2. The number of amides is 1. The van der Waals surface area contributed by atoms with E-state index >= 15 is 0 Å². The first kappa shape index (κ1) is 29.6. The standard InChI is InChI=1S/C32H37N3O3S3/c1-15(2)19-9-21(22-11-39-13-34-22)28(25(16(3)4)20(19)10-24(33)36)30-26(17(5)6)31-29(23-12-40-14-35-23)32(41(31,37)38)27(30)18(7)8/h9,11-18H,10H2,1-8H3,(H2,33,36). The molecular weight excluding hydrogens is 571 g/mol. The van der Waals surface area contributed by atoms with Gasteiger partial charge in [0.15, 0.2) is 0 Å². The first-order valence-electron chi connectivity index (χ1n) is 14.0. The summed E-state index contributed by atoms with van der Waals surface area (Å²) in [4.78, 5) is 22.5. The van der Waals surface area contributed by atoms with Crippen LogP contribution in [0.3, 0.4) is 0 Å². The van der Waals surface area contributed by atoms with Crippen molar-refractivity contribution in [3.8, 4) is 33.6 Å². The number of hydrogen-bond acceptors (Lipinski definition) is 7. The van der Waals surface area contributed by atoms with Crippen molar-refractivity contribution in [1.82, 2.24) is 9.97 Å². The third-order valence-corrected chi connectivity index (χ3v) is 11.0. The highest BCUT2D eigenvalue weighted by molar-refractivity contribution is 7.93. The Labute approximate surface area is 251 Å². The van der Waals surface area contributed by atoms with Gasteiger partial charge >= 0.3 is 0 Å². The lowest BCUT2D eigenvalue weighted by Crippen LogP contribution is -2.26. The van der Waals surface area contributed by atoms with Gasteiger partial charge in [0.1, 0.15) is 0 Å². The fourth-order valence-corrected chi connectivity index (χ4v) is 9.76. The van der Waals surface area contributed by atoms with Crippen molar-refractivity contribution in [2.45, 2.75) is 95.3 Å². The molecule has 0 saturated heterocycles. The first-order chi connectivity index (χ1) is 19.3. The Hall–Kier alpha value is -2.88. The maximum Gasteiger partial charge on any atom is 0.221 e. The molecule has 0 saturated carbocycles. The Balaban J connectivity index is 2.07. The number of aromatic nitrogens is 2. The quantitative estimate of drug-likeness (QED) is 0.182. The maximum atomic E-state index is 14.0. The fourth-order valence-electron chi connectivity index (χ4n) is 6.41. The second-order valence-electron chi connectivity index (χ2n) is 12.0. The van der Waals surface area contributed by atoms with Crippen LogP contribution in [0.5, 0.6) is 0 Å². The summed E-state index contributed by atoms with van der Waals surface area (Å²) >= 11 is 2.99. The van der Waals surface area contributed by atoms with E-state index in [1.165, 1.54) is 22.7 Å². The summed E-state index contributed by atoms with van der Waals surface area (Å²) < 4.78 is 28.0. The molecule has 0 fully saturated rings. The number of rotatable bonds is 9. The highest BCUT2D eigenvalue weighted by Crippen LogP contribution is 2.59. The zero-order valence-electron chi connectivity index (χ0n) is 24.8. The molecule has 2 N–H and O–H groups in total. The molecule has 0 spiro atoms. The Kier molecular flexibility index (Phi) is 7.76. The zero-order chi connectivity index (χ0) is 30.0. The number of carbonyl (C=O) groups excluding carboxylic acids is 1. The van der Waals surface area contributed by atoms with Crippen molar-refractivity contribution in [3.63, 3.8) is 0 Å². The van der Waals surface area contributed by atoms with Crippen LogP contribution in [0, 0.1) is 0 Å². The summed E-state index contributed by atoms with van der Waals surface area (Å²) in [6.45, 7) is 16.8. The fraction of sp³-hybridized carbons (Fsp3) is 0.406. The van der Waals surface area contributed by atoms with E-state index in [-0.39, 0.29) is 36.0 Å². The summed E-state index contributed by atoms with van der Waals surface area (Å²) in [7, 11) is -3.64. The Morgan fingerprint density at radius 1 is 0.756 bits per heavy atom. The second kappa shape index (κ2) is 10.7. The van der Waals surface area contributed by atoms with E-state index in [1.807, 2.05) is 16.3 Å². The molecular formula is C32H37N3O3S3. The minimum atomic E-state index is -3.64. The van der Waals surface area contributed by atoms with Crippen LogP contribution in [0.4, 0.5) is 0 Å². The summed E-state index contributed by atoms with van der Waals surface area (Å²) in [5, 5.41) is 3.96. The molecule has 41 heavy (non-hydrogen) atoms. The van der Waals surface area contributed by atoms with Crippen molar-refractivity contribution in [1.29, 1.82) is 0 Å². The Bertz CT molecular complexity index is 1710. The monoisotopic (exact) mass is 607 g/mol. The first-order valence-corrected chi connectivity index (χ1v) is 17.4. The molecule has 0 unspecified atom stereocenters. The van der Waals surface area contributed by atoms with Crippen LogP contribution < -0.4 is 5.73 Å². The van der Waals surface area contributed by atoms with E-state index in [0.717, 1.165) is 55.8 Å². The van der Waals surface area contributed by atoms with Gasteiger partial charge in [-0.1, -0.05) is 55.4 Å². The number of nitrogens with zero attached hydrogens (tertiary/aromatic N) is 2. The minimum absolute atomic E-state index is 0.0385. The number of fused-ring (bicyclic) bond motifs is 2. The smallest absolute Gasteiger partial charge is 0.221 e. The van der Waals surface area contributed by atoms with Crippen molar-refractivity contribution < 1.29 is 13.2 Å². The van der Waals surface area contributed by atoms with Crippen molar-refractivity contribution in [3.05, 3.63) is 55.7 Å². The van der Waals surface area contributed by atoms with Crippen LogP contribution in [-0.2, 0) is 21.1 Å². The topological polar surface area (TPSA) is 103 Å². The van der Waals surface area contributed by atoms with E-state index in [2.05, 4.69) is 66.4 Å². The van der Waals surface area contributed by atoms with Crippen LogP contribution >= 0.6 is 22.7 Å². The zero-order valence-corrected chi connectivity index (χ0v) is 27.3. The molecule has 216 valence electrons. The molecule has 1 amide bonds. The number of nitrogens with two attached hydrogens (primary N) is 1. The lowest BCUT2D eigenvalue weighted by atomic mass is 9.74. The predicted octanol–water partition coefficient (Wildman–Crippen LogP) is 8.27. The van der Waals surface area contributed by atoms with Crippen molar-refractivity contribution in [2.75, 3.05) is 0 Å². The SMILES string of the molecule is CC(C)c1cc(-c2cscn2)c(-c2c(C(C)C)c3c(-c4cscn4)c(c2C(C)C)S3(=O)=O)c(C(C)C)c1CC(N)=O. The predicted molar refractivity (Wildman–Crippen MR) is 169 cm³/mol. The summed E-state index contributed by atoms with van der Waals surface area (Å²) in [5.74, 6) is -0.381. The molecule has 9 heteroatoms. The molecule has 2 aliphatic rings. The normalized spacial score (nSPS) is 14.0. The van der Waals surface area contributed by atoms with Gasteiger partial charge in [0.25, 0.3) is 0 Å². The average molecular weight is 608 g/mol. The van der Waals surface area contributed by atoms with Gasteiger partial charge < -0.3 is 5.73 Å². The molecule has 0 radical (unpaired) electrons. The average Bonchev–Trinajstić information content (AvgIpc) is 3.60. The summed E-state index contributed by atoms with van der Waals surface area (Å²) in [5.41, 5.74) is 19.3. The van der Waals surface area contributed by atoms with Gasteiger partial charge in [-0.05, 0) is 68.7 Å². The van der Waals surface area contributed by atoms with Gasteiger partial charge in [0.05, 0.1) is 38.6 Å². The molecule has 6 rings (SSSR count). The lowest BCUT2D eigenvalue weighted by Gasteiger charge is -2.37. The van der Waals surface area contributed by atoms with Gasteiger partial charge in [-0.15, -0.1) is 22.7 Å². The third-order valence-electron chi connectivity index (χ3n) is 7.88. The molecule has 2 aliphatic heterocycles. The molecule has 0 aliphatic carbocycles. The van der Waals surface area contributed by atoms with E-state index < -0.39 is 9.84 Å². The van der Waals surface area contributed by atoms with Crippen LogP contribution in [0.15, 0.2) is 37.6 Å².